The average Bonchev–Trinajstić information content (AvgIpc) is 3.42. The highest BCUT2D eigenvalue weighted by atomic mass is 16.5. The number of hydrogen-bond acceptors (Lipinski definition) is 4. The van der Waals surface area contributed by atoms with E-state index in [4.69, 9.17) is 4.74 Å². The summed E-state index contributed by atoms with van der Waals surface area (Å²) in [6.45, 7) is 1.83. The molecule has 1 N–H and O–H groups in total. The number of carbonyl (C=O) groups excluding carboxylic acids is 1. The van der Waals surface area contributed by atoms with E-state index in [0.717, 1.165) is 16.9 Å². The monoisotopic (exact) mass is 460 g/mol. The maximum absolute atomic E-state index is 13.3. The fraction of sp³-hybridized carbons (Fsp3) is 0.0690. The van der Waals surface area contributed by atoms with E-state index in [-0.39, 0.29) is 5.91 Å². The van der Waals surface area contributed by atoms with E-state index < -0.39 is 5.92 Å². The van der Waals surface area contributed by atoms with Crippen molar-refractivity contribution >= 4 is 11.6 Å². The van der Waals surface area contributed by atoms with Gasteiger partial charge in [-0.2, -0.15) is 4.98 Å². The first kappa shape index (κ1) is 22.1. The minimum atomic E-state index is -0.413. The summed E-state index contributed by atoms with van der Waals surface area (Å²) < 4.78 is 7.87. The normalized spacial score (nSPS) is 10.8. The van der Waals surface area contributed by atoms with Crippen molar-refractivity contribution in [2.45, 2.75) is 12.8 Å². The Hall–Kier alpha value is -4.71. The fourth-order valence-electron chi connectivity index (χ4n) is 3.92. The van der Waals surface area contributed by atoms with Gasteiger partial charge in [-0.3, -0.25) is 4.79 Å². The van der Waals surface area contributed by atoms with E-state index in [9.17, 15) is 4.79 Å². The smallest absolute Gasteiger partial charge is 0.236 e. The highest BCUT2D eigenvalue weighted by Crippen LogP contribution is 2.28. The molecule has 2 heterocycles. The van der Waals surface area contributed by atoms with Crippen LogP contribution in [0.15, 0.2) is 116 Å². The third-order valence-corrected chi connectivity index (χ3v) is 5.54. The summed E-state index contributed by atoms with van der Waals surface area (Å²) in [5.74, 6) is 1.90. The molecule has 3 aromatic carbocycles. The Labute approximate surface area is 203 Å². The molecule has 0 bridgehead atoms. The maximum Gasteiger partial charge on any atom is 0.236 e. The lowest BCUT2D eigenvalue weighted by Crippen LogP contribution is -2.22. The lowest BCUT2D eigenvalue weighted by Gasteiger charge is -2.18. The number of carbonyl (C=O) groups is 1. The van der Waals surface area contributed by atoms with Crippen LogP contribution in [-0.2, 0) is 4.79 Å². The van der Waals surface area contributed by atoms with Crippen molar-refractivity contribution in [2.75, 3.05) is 5.32 Å². The van der Waals surface area contributed by atoms with Gasteiger partial charge < -0.3 is 14.6 Å². The van der Waals surface area contributed by atoms with Gasteiger partial charge in [-0.05, 0) is 54.4 Å². The van der Waals surface area contributed by atoms with Crippen LogP contribution < -0.4 is 10.1 Å². The fourth-order valence-corrected chi connectivity index (χ4v) is 3.92. The van der Waals surface area contributed by atoms with Crippen molar-refractivity contribution in [1.29, 1.82) is 0 Å². The standard InChI is InChI=1S/C29H24N4O2/c1-21-30-26(33-18-8-9-19-33)20-27(31-21)35-25-16-14-24(15-17-25)32-29(34)28(22-10-4-2-5-11-22)23-12-6-3-7-13-23/h2-20,28H,1H3,(H,32,34). The molecule has 6 heteroatoms. The molecule has 0 radical (unpaired) electrons. The second kappa shape index (κ2) is 10.1. The lowest BCUT2D eigenvalue weighted by molar-refractivity contribution is -0.116. The van der Waals surface area contributed by atoms with E-state index >= 15 is 0 Å². The van der Waals surface area contributed by atoms with Crippen molar-refractivity contribution in [1.82, 2.24) is 14.5 Å². The average molecular weight is 461 g/mol. The first-order valence-corrected chi connectivity index (χ1v) is 11.3. The molecule has 0 atom stereocenters. The molecule has 5 rings (SSSR count). The lowest BCUT2D eigenvalue weighted by atomic mass is 9.90. The number of nitrogens with zero attached hydrogens (tertiary/aromatic N) is 3. The van der Waals surface area contributed by atoms with Crippen LogP contribution >= 0.6 is 0 Å². The summed E-state index contributed by atoms with van der Waals surface area (Å²) in [5.41, 5.74) is 2.56. The summed E-state index contributed by atoms with van der Waals surface area (Å²) in [4.78, 5) is 22.2. The van der Waals surface area contributed by atoms with Crippen LogP contribution in [0.5, 0.6) is 11.6 Å². The van der Waals surface area contributed by atoms with Gasteiger partial charge in [-0.15, -0.1) is 0 Å². The van der Waals surface area contributed by atoms with Crippen molar-refractivity contribution in [3.63, 3.8) is 0 Å². The van der Waals surface area contributed by atoms with Crippen molar-refractivity contribution < 1.29 is 9.53 Å². The Balaban J connectivity index is 1.32. The van der Waals surface area contributed by atoms with E-state index in [0.29, 0.717) is 23.1 Å². The van der Waals surface area contributed by atoms with Gasteiger partial charge in [0, 0.05) is 24.1 Å². The largest absolute Gasteiger partial charge is 0.439 e. The number of nitrogens with one attached hydrogen (secondary N) is 1. The quantitative estimate of drug-likeness (QED) is 0.317. The number of hydrogen-bond donors (Lipinski definition) is 1. The number of benzene rings is 3. The summed E-state index contributed by atoms with van der Waals surface area (Å²) in [5, 5.41) is 3.04. The van der Waals surface area contributed by atoms with Gasteiger partial charge in [0.15, 0.2) is 0 Å². The molecule has 0 aliphatic carbocycles. The van der Waals surface area contributed by atoms with Gasteiger partial charge >= 0.3 is 0 Å². The summed E-state index contributed by atoms with van der Waals surface area (Å²) >= 11 is 0. The number of rotatable bonds is 7. The van der Waals surface area contributed by atoms with E-state index in [2.05, 4.69) is 15.3 Å². The van der Waals surface area contributed by atoms with E-state index in [1.807, 2.05) is 121 Å². The van der Waals surface area contributed by atoms with Crippen LogP contribution in [-0.4, -0.2) is 20.4 Å². The van der Waals surface area contributed by atoms with Crippen molar-refractivity contribution in [2.24, 2.45) is 0 Å². The maximum atomic E-state index is 13.3. The third kappa shape index (κ3) is 5.28. The SMILES string of the molecule is Cc1nc(Oc2ccc(NC(=O)C(c3ccccc3)c3ccccc3)cc2)cc(-n2cccc2)n1. The topological polar surface area (TPSA) is 69.0 Å². The molecule has 0 saturated heterocycles. The molecule has 0 spiro atoms. The Morgan fingerprint density at radius 2 is 1.40 bits per heavy atom. The number of anilines is 1. The molecule has 0 unspecified atom stereocenters. The second-order valence-electron chi connectivity index (χ2n) is 8.07. The molecule has 0 fully saturated rings. The van der Waals surface area contributed by atoms with Gasteiger partial charge in [0.2, 0.25) is 11.8 Å². The van der Waals surface area contributed by atoms with Gasteiger partial charge in [-0.1, -0.05) is 60.7 Å². The zero-order chi connectivity index (χ0) is 24.0. The molecule has 0 aliphatic heterocycles. The van der Waals surface area contributed by atoms with Gasteiger partial charge in [0.25, 0.3) is 0 Å². The minimum absolute atomic E-state index is 0.0983. The van der Waals surface area contributed by atoms with Crippen molar-refractivity contribution in [3.8, 4) is 17.4 Å². The minimum Gasteiger partial charge on any atom is -0.439 e. The number of amides is 1. The first-order valence-electron chi connectivity index (χ1n) is 11.3. The van der Waals surface area contributed by atoms with Crippen LogP contribution in [0.3, 0.4) is 0 Å². The molecule has 0 aliphatic rings. The summed E-state index contributed by atoms with van der Waals surface area (Å²) in [6, 6.07) is 32.5. The predicted octanol–water partition coefficient (Wildman–Crippen LogP) is 6.14. The van der Waals surface area contributed by atoms with Crippen LogP contribution in [0.1, 0.15) is 22.9 Å². The number of ether oxygens (including phenoxy) is 1. The molecule has 1 amide bonds. The number of aryl methyl sites for hydroxylation is 1. The Bertz CT molecular complexity index is 1360. The van der Waals surface area contributed by atoms with E-state index in [1.165, 1.54) is 0 Å². The van der Waals surface area contributed by atoms with Crippen LogP contribution in [0.2, 0.25) is 0 Å². The number of aromatic nitrogens is 3. The summed E-state index contributed by atoms with van der Waals surface area (Å²) in [7, 11) is 0. The Morgan fingerprint density at radius 1 is 0.800 bits per heavy atom. The van der Waals surface area contributed by atoms with Crippen LogP contribution in [0, 0.1) is 6.92 Å². The zero-order valence-electron chi connectivity index (χ0n) is 19.2. The highest BCUT2D eigenvalue weighted by molar-refractivity contribution is 5.98. The predicted molar refractivity (Wildman–Crippen MR) is 136 cm³/mol. The molecule has 5 aromatic rings. The molecular weight excluding hydrogens is 436 g/mol. The van der Waals surface area contributed by atoms with Crippen LogP contribution in [0.25, 0.3) is 5.82 Å². The third-order valence-electron chi connectivity index (χ3n) is 5.54. The van der Waals surface area contributed by atoms with Gasteiger partial charge in [-0.25, -0.2) is 4.98 Å². The van der Waals surface area contributed by atoms with Crippen molar-refractivity contribution in [3.05, 3.63) is 132 Å². The second-order valence-corrected chi connectivity index (χ2v) is 8.07. The highest BCUT2D eigenvalue weighted by Gasteiger charge is 2.22. The molecule has 35 heavy (non-hydrogen) atoms. The molecule has 172 valence electrons. The summed E-state index contributed by atoms with van der Waals surface area (Å²) in [6.07, 6.45) is 3.84. The van der Waals surface area contributed by atoms with E-state index in [1.54, 1.807) is 6.07 Å². The van der Waals surface area contributed by atoms with Gasteiger partial charge in [0.1, 0.15) is 17.4 Å². The zero-order valence-corrected chi connectivity index (χ0v) is 19.2. The first-order chi connectivity index (χ1) is 17.2. The molecule has 6 nitrogen and oxygen atoms in total. The van der Waals surface area contributed by atoms with Crippen LogP contribution in [0.4, 0.5) is 5.69 Å². The Morgan fingerprint density at radius 3 is 2.00 bits per heavy atom. The van der Waals surface area contributed by atoms with Gasteiger partial charge in [0.05, 0.1) is 5.92 Å². The Kier molecular flexibility index (Phi) is 6.35. The molecular formula is C29H24N4O2. The molecule has 0 saturated carbocycles. The molecule has 2 aromatic heterocycles.